The van der Waals surface area contributed by atoms with E-state index in [4.69, 9.17) is 21.1 Å². The van der Waals surface area contributed by atoms with E-state index in [2.05, 4.69) is 31.9 Å². The molecule has 228 valence electrons. The summed E-state index contributed by atoms with van der Waals surface area (Å²) in [7, 11) is 0. The van der Waals surface area contributed by atoms with Crippen LogP contribution in [-0.2, 0) is 16.1 Å². The number of ether oxygens (including phenoxy) is 2. The van der Waals surface area contributed by atoms with Gasteiger partial charge >= 0.3 is 6.18 Å². The van der Waals surface area contributed by atoms with Crippen LogP contribution >= 0.6 is 27.5 Å². The van der Waals surface area contributed by atoms with Gasteiger partial charge in [0.05, 0.1) is 29.4 Å². The van der Waals surface area contributed by atoms with Crippen molar-refractivity contribution in [2.24, 2.45) is 5.41 Å². The SMILES string of the molecule is CC(C)(C(=O)NCc1ccc(Cl)c(C(=O)Nc2ccc(OC3CCOC3)c(C(=O)Nc3ccc(Br)cc3)c2)c1)C(F)(F)F. The lowest BCUT2D eigenvalue weighted by atomic mass is 9.91. The van der Waals surface area contributed by atoms with Gasteiger partial charge in [-0.3, -0.25) is 14.4 Å². The van der Waals surface area contributed by atoms with Crippen LogP contribution in [0.5, 0.6) is 5.75 Å². The minimum Gasteiger partial charge on any atom is -0.487 e. The number of anilines is 2. The van der Waals surface area contributed by atoms with Gasteiger partial charge in [-0.2, -0.15) is 13.2 Å². The topological polar surface area (TPSA) is 106 Å². The second-order valence-corrected chi connectivity index (χ2v) is 11.7. The maximum Gasteiger partial charge on any atom is 0.402 e. The van der Waals surface area contributed by atoms with Gasteiger partial charge in [-0.1, -0.05) is 33.6 Å². The molecule has 4 rings (SSSR count). The van der Waals surface area contributed by atoms with E-state index < -0.39 is 29.3 Å². The Balaban J connectivity index is 1.52. The second-order valence-electron chi connectivity index (χ2n) is 10.3. The highest BCUT2D eigenvalue weighted by Gasteiger charge is 2.52. The van der Waals surface area contributed by atoms with Crippen molar-refractivity contribution in [2.45, 2.75) is 39.1 Å². The molecule has 0 saturated carbocycles. The van der Waals surface area contributed by atoms with Crippen LogP contribution in [0.1, 0.15) is 46.5 Å². The van der Waals surface area contributed by atoms with Crippen LogP contribution in [0.25, 0.3) is 0 Å². The number of hydrogen-bond acceptors (Lipinski definition) is 5. The first-order chi connectivity index (χ1) is 20.2. The van der Waals surface area contributed by atoms with E-state index in [-0.39, 0.29) is 34.5 Å². The van der Waals surface area contributed by atoms with E-state index in [0.29, 0.717) is 36.6 Å². The Hall–Kier alpha value is -3.61. The lowest BCUT2D eigenvalue weighted by molar-refractivity contribution is -0.211. The molecule has 1 heterocycles. The molecule has 1 aliphatic rings. The third kappa shape index (κ3) is 8.07. The molecular formula is C30H28BrClF3N3O5. The van der Waals surface area contributed by atoms with Crippen LogP contribution in [0.2, 0.25) is 5.02 Å². The summed E-state index contributed by atoms with van der Waals surface area (Å²) in [5, 5.41) is 7.85. The Morgan fingerprint density at radius 2 is 1.60 bits per heavy atom. The molecule has 0 radical (unpaired) electrons. The average Bonchev–Trinajstić information content (AvgIpc) is 3.47. The highest BCUT2D eigenvalue weighted by molar-refractivity contribution is 9.10. The van der Waals surface area contributed by atoms with Gasteiger partial charge in [0.25, 0.3) is 11.8 Å². The van der Waals surface area contributed by atoms with Crippen molar-refractivity contribution in [1.29, 1.82) is 0 Å². The Morgan fingerprint density at radius 1 is 0.953 bits per heavy atom. The van der Waals surface area contributed by atoms with Crippen LogP contribution in [-0.4, -0.2) is 43.2 Å². The fourth-order valence-corrected chi connectivity index (χ4v) is 4.46. The standard InChI is InChI=1S/C30H28BrClF3N3O5/c1-29(2,30(33,34)35)28(41)36-15-17-3-9-24(32)22(13-17)26(39)38-20-8-10-25(43-21-11-12-42-16-21)23(14-20)27(40)37-19-6-4-18(31)5-7-19/h3-10,13-14,21H,11-12,15-16H2,1-2H3,(H,36,41)(H,37,40)(H,38,39). The Bertz CT molecular complexity index is 1510. The zero-order valence-electron chi connectivity index (χ0n) is 23.1. The average molecular weight is 683 g/mol. The molecule has 1 saturated heterocycles. The van der Waals surface area contributed by atoms with Crippen LogP contribution < -0.4 is 20.7 Å². The molecule has 1 aliphatic heterocycles. The Labute approximate surface area is 259 Å². The summed E-state index contributed by atoms with van der Waals surface area (Å²) in [6, 6.07) is 15.9. The highest BCUT2D eigenvalue weighted by atomic mass is 79.9. The predicted molar refractivity (Wildman–Crippen MR) is 159 cm³/mol. The lowest BCUT2D eigenvalue weighted by Gasteiger charge is -2.26. The minimum absolute atomic E-state index is 0.0211. The molecule has 3 aromatic rings. The normalized spacial score (nSPS) is 15.1. The van der Waals surface area contributed by atoms with Gasteiger partial charge < -0.3 is 25.4 Å². The fourth-order valence-electron chi connectivity index (χ4n) is 3.99. The van der Waals surface area contributed by atoms with Crippen molar-refractivity contribution < 1.29 is 37.0 Å². The van der Waals surface area contributed by atoms with E-state index >= 15 is 0 Å². The molecule has 43 heavy (non-hydrogen) atoms. The number of rotatable bonds is 9. The van der Waals surface area contributed by atoms with Crippen molar-refractivity contribution in [3.8, 4) is 5.75 Å². The summed E-state index contributed by atoms with van der Waals surface area (Å²) in [5.41, 5.74) is -1.23. The number of carbonyl (C=O) groups excluding carboxylic acids is 3. The number of hydrogen-bond donors (Lipinski definition) is 3. The highest BCUT2D eigenvalue weighted by Crippen LogP contribution is 2.37. The lowest BCUT2D eigenvalue weighted by Crippen LogP contribution is -2.46. The number of halogens is 5. The van der Waals surface area contributed by atoms with E-state index in [1.54, 1.807) is 36.4 Å². The molecule has 1 unspecified atom stereocenters. The van der Waals surface area contributed by atoms with Crippen molar-refractivity contribution in [2.75, 3.05) is 23.8 Å². The zero-order chi connectivity index (χ0) is 31.4. The molecule has 8 nitrogen and oxygen atoms in total. The van der Waals surface area contributed by atoms with Gasteiger partial charge in [0, 0.05) is 28.8 Å². The van der Waals surface area contributed by atoms with Crippen LogP contribution in [0.15, 0.2) is 65.1 Å². The Kier molecular flexibility index (Phi) is 10.0. The van der Waals surface area contributed by atoms with Gasteiger partial charge in [0.1, 0.15) is 17.3 Å². The molecule has 13 heteroatoms. The van der Waals surface area contributed by atoms with Gasteiger partial charge in [0.2, 0.25) is 5.91 Å². The molecule has 0 spiro atoms. The van der Waals surface area contributed by atoms with E-state index in [9.17, 15) is 27.6 Å². The van der Waals surface area contributed by atoms with Crippen molar-refractivity contribution in [3.63, 3.8) is 0 Å². The molecule has 3 aromatic carbocycles. The number of amides is 3. The van der Waals surface area contributed by atoms with E-state index in [0.717, 1.165) is 18.3 Å². The summed E-state index contributed by atoms with van der Waals surface area (Å²) in [5.74, 6) is -2.00. The molecule has 0 aliphatic carbocycles. The minimum atomic E-state index is -4.73. The predicted octanol–water partition coefficient (Wildman–Crippen LogP) is 6.98. The maximum absolute atomic E-state index is 13.3. The van der Waals surface area contributed by atoms with Crippen LogP contribution in [0.3, 0.4) is 0 Å². The fraction of sp³-hybridized carbons (Fsp3) is 0.300. The zero-order valence-corrected chi connectivity index (χ0v) is 25.5. The van der Waals surface area contributed by atoms with Gasteiger partial charge in [-0.25, -0.2) is 0 Å². The summed E-state index contributed by atoms with van der Waals surface area (Å²) >= 11 is 9.61. The molecule has 0 aromatic heterocycles. The summed E-state index contributed by atoms with van der Waals surface area (Å²) in [4.78, 5) is 38.7. The number of benzene rings is 3. The third-order valence-electron chi connectivity index (χ3n) is 6.77. The number of alkyl halides is 3. The first-order valence-corrected chi connectivity index (χ1v) is 14.3. The second kappa shape index (κ2) is 13.4. The van der Waals surface area contributed by atoms with Crippen molar-refractivity contribution >= 4 is 56.6 Å². The van der Waals surface area contributed by atoms with Crippen LogP contribution in [0.4, 0.5) is 24.5 Å². The summed E-state index contributed by atoms with van der Waals surface area (Å²) in [6.07, 6.45) is -4.31. The maximum atomic E-state index is 13.3. The first kappa shape index (κ1) is 32.3. The van der Waals surface area contributed by atoms with E-state index in [1.807, 2.05) is 0 Å². The number of carbonyl (C=O) groups is 3. The smallest absolute Gasteiger partial charge is 0.402 e. The molecule has 3 amide bonds. The van der Waals surface area contributed by atoms with Gasteiger partial charge in [-0.15, -0.1) is 0 Å². The third-order valence-corrected chi connectivity index (χ3v) is 7.63. The van der Waals surface area contributed by atoms with E-state index in [1.165, 1.54) is 24.3 Å². The number of nitrogens with one attached hydrogen (secondary N) is 3. The summed E-state index contributed by atoms with van der Waals surface area (Å²) in [6.45, 7) is 2.24. The van der Waals surface area contributed by atoms with Gasteiger partial charge in [0.15, 0.2) is 0 Å². The first-order valence-electron chi connectivity index (χ1n) is 13.1. The monoisotopic (exact) mass is 681 g/mol. The van der Waals surface area contributed by atoms with Crippen molar-refractivity contribution in [1.82, 2.24) is 5.32 Å². The van der Waals surface area contributed by atoms with Gasteiger partial charge in [-0.05, 0) is 74.0 Å². The molecule has 1 atom stereocenters. The molecule has 1 fully saturated rings. The molecular weight excluding hydrogens is 655 g/mol. The van der Waals surface area contributed by atoms with Crippen LogP contribution in [0, 0.1) is 5.41 Å². The van der Waals surface area contributed by atoms with Crippen molar-refractivity contribution in [3.05, 3.63) is 86.8 Å². The molecule has 3 N–H and O–H groups in total. The summed E-state index contributed by atoms with van der Waals surface area (Å²) < 4.78 is 51.8. The Morgan fingerprint density at radius 3 is 2.26 bits per heavy atom. The largest absolute Gasteiger partial charge is 0.487 e. The quantitative estimate of drug-likeness (QED) is 0.226. The molecule has 0 bridgehead atoms.